The van der Waals surface area contributed by atoms with Crippen molar-refractivity contribution in [3.63, 3.8) is 0 Å². The number of hydrogen-bond donors (Lipinski definition) is 1. The quantitative estimate of drug-likeness (QED) is 0.753. The number of aromatic hydroxyl groups is 1. The highest BCUT2D eigenvalue weighted by Crippen LogP contribution is 2.34. The summed E-state index contributed by atoms with van der Waals surface area (Å²) in [6.07, 6.45) is 1.24. The fourth-order valence-corrected chi connectivity index (χ4v) is 3.47. The normalized spacial score (nSPS) is 18.9. The highest BCUT2D eigenvalue weighted by molar-refractivity contribution is 5.75. The van der Waals surface area contributed by atoms with Crippen LogP contribution in [0.3, 0.4) is 0 Å². The third kappa shape index (κ3) is 4.10. The van der Waals surface area contributed by atoms with Gasteiger partial charge in [0.15, 0.2) is 23.0 Å². The Morgan fingerprint density at radius 1 is 0.926 bits per heavy atom. The maximum Gasteiger partial charge on any atom is 0.309 e. The van der Waals surface area contributed by atoms with Gasteiger partial charge in [-0.3, -0.25) is 4.79 Å². The summed E-state index contributed by atoms with van der Waals surface area (Å²) in [5.41, 5.74) is 1.98. The Labute approximate surface area is 158 Å². The van der Waals surface area contributed by atoms with E-state index in [9.17, 15) is 9.90 Å². The Hall–Kier alpha value is -2.89. The second-order valence-corrected chi connectivity index (χ2v) is 6.60. The van der Waals surface area contributed by atoms with Crippen molar-refractivity contribution in [3.8, 4) is 23.0 Å². The molecule has 1 heterocycles. The van der Waals surface area contributed by atoms with Gasteiger partial charge in [0.25, 0.3) is 0 Å². The van der Waals surface area contributed by atoms with Crippen molar-refractivity contribution in [2.75, 3.05) is 27.9 Å². The molecule has 6 nitrogen and oxygen atoms in total. The van der Waals surface area contributed by atoms with Crippen LogP contribution in [0.1, 0.15) is 11.1 Å². The highest BCUT2D eigenvalue weighted by Gasteiger charge is 2.37. The lowest BCUT2D eigenvalue weighted by atomic mass is 9.85. The van der Waals surface area contributed by atoms with E-state index in [1.807, 2.05) is 18.2 Å². The van der Waals surface area contributed by atoms with Gasteiger partial charge >= 0.3 is 5.97 Å². The minimum Gasteiger partial charge on any atom is -0.504 e. The molecular weight excluding hydrogens is 348 g/mol. The first-order valence-corrected chi connectivity index (χ1v) is 8.79. The molecule has 1 aliphatic heterocycles. The molecule has 0 aliphatic carbocycles. The van der Waals surface area contributed by atoms with Crippen molar-refractivity contribution in [1.29, 1.82) is 0 Å². The first kappa shape index (κ1) is 18.9. The Kier molecular flexibility index (Phi) is 5.74. The van der Waals surface area contributed by atoms with Crippen LogP contribution in [0.25, 0.3) is 0 Å². The number of esters is 1. The molecule has 0 unspecified atom stereocenters. The molecule has 6 heteroatoms. The predicted molar refractivity (Wildman–Crippen MR) is 99.6 cm³/mol. The highest BCUT2D eigenvalue weighted by atomic mass is 16.5. The van der Waals surface area contributed by atoms with Gasteiger partial charge in [0, 0.05) is 5.92 Å². The number of methoxy groups -OCH3 is 3. The van der Waals surface area contributed by atoms with Gasteiger partial charge in [-0.2, -0.15) is 0 Å². The van der Waals surface area contributed by atoms with Crippen LogP contribution < -0.4 is 14.2 Å². The number of rotatable bonds is 7. The van der Waals surface area contributed by atoms with Crippen molar-refractivity contribution >= 4 is 5.97 Å². The van der Waals surface area contributed by atoms with Crippen molar-refractivity contribution in [3.05, 3.63) is 47.5 Å². The lowest BCUT2D eigenvalue weighted by Gasteiger charge is -2.17. The molecule has 1 aliphatic rings. The molecule has 27 heavy (non-hydrogen) atoms. The van der Waals surface area contributed by atoms with Gasteiger partial charge in [0.05, 0.1) is 33.9 Å². The van der Waals surface area contributed by atoms with Gasteiger partial charge in [0.1, 0.15) is 0 Å². The zero-order valence-corrected chi connectivity index (χ0v) is 15.7. The van der Waals surface area contributed by atoms with Crippen LogP contribution in [0.15, 0.2) is 36.4 Å². The molecule has 0 saturated carbocycles. The number of cyclic esters (lactones) is 1. The zero-order valence-electron chi connectivity index (χ0n) is 15.7. The molecule has 0 radical (unpaired) electrons. The molecule has 2 aromatic carbocycles. The Morgan fingerprint density at radius 2 is 1.56 bits per heavy atom. The molecular formula is C21H24O6. The van der Waals surface area contributed by atoms with E-state index in [2.05, 4.69) is 0 Å². The maximum absolute atomic E-state index is 12.3. The molecule has 3 rings (SSSR count). The standard InChI is InChI=1S/C21H24O6/c1-24-18-7-5-13(11-20(18)26-3)8-15-12-27-21(23)16(15)9-14-4-6-17(22)19(10-14)25-2/h4-7,10-11,15-16,22H,8-9,12H2,1-3H3/t15-,16+/m1/s1. The molecule has 144 valence electrons. The molecule has 1 fully saturated rings. The third-order valence-electron chi connectivity index (χ3n) is 4.96. The average molecular weight is 372 g/mol. The van der Waals surface area contributed by atoms with Gasteiger partial charge < -0.3 is 24.1 Å². The van der Waals surface area contributed by atoms with Gasteiger partial charge in [-0.25, -0.2) is 0 Å². The van der Waals surface area contributed by atoms with Crippen LogP contribution >= 0.6 is 0 Å². The molecule has 1 N–H and O–H groups in total. The number of phenols is 1. The van der Waals surface area contributed by atoms with Gasteiger partial charge in [0.2, 0.25) is 0 Å². The van der Waals surface area contributed by atoms with Gasteiger partial charge in [-0.05, 0) is 48.2 Å². The Balaban J connectivity index is 1.76. The summed E-state index contributed by atoms with van der Waals surface area (Å²) in [5, 5.41) is 9.75. The summed E-state index contributed by atoms with van der Waals surface area (Å²) in [6.45, 7) is 0.396. The molecule has 0 aromatic heterocycles. The number of benzene rings is 2. The van der Waals surface area contributed by atoms with Gasteiger partial charge in [-0.1, -0.05) is 12.1 Å². The zero-order chi connectivity index (χ0) is 19.4. The maximum atomic E-state index is 12.3. The average Bonchev–Trinajstić information content (AvgIpc) is 3.02. The summed E-state index contributed by atoms with van der Waals surface area (Å²) in [6, 6.07) is 10.9. The predicted octanol–water partition coefficient (Wildman–Crippen LogP) is 2.99. The summed E-state index contributed by atoms with van der Waals surface area (Å²) in [5.74, 6) is 1.45. The van der Waals surface area contributed by atoms with Crippen LogP contribution in [0.2, 0.25) is 0 Å². The van der Waals surface area contributed by atoms with Crippen molar-refractivity contribution in [1.82, 2.24) is 0 Å². The van der Waals surface area contributed by atoms with E-state index in [1.54, 1.807) is 32.4 Å². The largest absolute Gasteiger partial charge is 0.504 e. The number of phenolic OH excluding ortho intramolecular Hbond substituents is 1. The van der Waals surface area contributed by atoms with Crippen LogP contribution in [-0.2, 0) is 22.4 Å². The molecule has 0 spiro atoms. The van der Waals surface area contributed by atoms with E-state index < -0.39 is 0 Å². The topological polar surface area (TPSA) is 74.2 Å². The van der Waals surface area contributed by atoms with E-state index in [-0.39, 0.29) is 23.6 Å². The molecule has 1 saturated heterocycles. The summed E-state index contributed by atoms with van der Waals surface area (Å²) in [7, 11) is 4.70. The molecule has 2 aromatic rings. The fourth-order valence-electron chi connectivity index (χ4n) is 3.47. The second-order valence-electron chi connectivity index (χ2n) is 6.60. The van der Waals surface area contributed by atoms with Crippen LogP contribution in [-0.4, -0.2) is 39.0 Å². The fraction of sp³-hybridized carbons (Fsp3) is 0.381. The molecule has 0 amide bonds. The summed E-state index contributed by atoms with van der Waals surface area (Å²) in [4.78, 5) is 12.3. The van der Waals surface area contributed by atoms with E-state index in [0.29, 0.717) is 36.7 Å². The number of hydrogen-bond acceptors (Lipinski definition) is 6. The van der Waals surface area contributed by atoms with Crippen molar-refractivity contribution < 1.29 is 28.8 Å². The summed E-state index contributed by atoms with van der Waals surface area (Å²) >= 11 is 0. The molecule has 0 bridgehead atoms. The first-order valence-electron chi connectivity index (χ1n) is 8.79. The van der Waals surface area contributed by atoms with E-state index in [1.165, 1.54) is 7.11 Å². The Morgan fingerprint density at radius 3 is 2.26 bits per heavy atom. The third-order valence-corrected chi connectivity index (χ3v) is 4.96. The number of ether oxygens (including phenoxy) is 4. The monoisotopic (exact) mass is 372 g/mol. The Bertz CT molecular complexity index is 816. The van der Waals surface area contributed by atoms with E-state index in [0.717, 1.165) is 11.1 Å². The number of carbonyl (C=O) groups excluding carboxylic acids is 1. The van der Waals surface area contributed by atoms with Crippen LogP contribution in [0, 0.1) is 11.8 Å². The molecule has 2 atom stereocenters. The SMILES string of the molecule is COc1cc(C[C@@H]2C(=O)OC[C@H]2Cc2ccc(OC)c(OC)c2)ccc1O. The minimum atomic E-state index is -0.243. The lowest BCUT2D eigenvalue weighted by Crippen LogP contribution is -2.20. The van der Waals surface area contributed by atoms with E-state index >= 15 is 0 Å². The number of carbonyl (C=O) groups is 1. The smallest absolute Gasteiger partial charge is 0.309 e. The lowest BCUT2D eigenvalue weighted by molar-refractivity contribution is -0.141. The van der Waals surface area contributed by atoms with Crippen molar-refractivity contribution in [2.24, 2.45) is 11.8 Å². The van der Waals surface area contributed by atoms with Gasteiger partial charge in [-0.15, -0.1) is 0 Å². The second kappa shape index (κ2) is 8.20. The van der Waals surface area contributed by atoms with Crippen molar-refractivity contribution in [2.45, 2.75) is 12.8 Å². The first-order chi connectivity index (χ1) is 13.0. The summed E-state index contributed by atoms with van der Waals surface area (Å²) < 4.78 is 21.1. The van der Waals surface area contributed by atoms with Crippen LogP contribution in [0.4, 0.5) is 0 Å². The van der Waals surface area contributed by atoms with Crippen LogP contribution in [0.5, 0.6) is 23.0 Å². The van der Waals surface area contributed by atoms with E-state index in [4.69, 9.17) is 18.9 Å². The minimum absolute atomic E-state index is 0.0652.